The quantitative estimate of drug-likeness (QED) is 0.563. The average molecular weight is 476 g/mol. The SMILES string of the molecule is O=C(CC1C=CS(=O)(=O)C1)OCC(=O)N(Cc1ccc(F)cc1)C12CC3CC(CC(C3)C1)C2. The van der Waals surface area contributed by atoms with Crippen LogP contribution in [0.2, 0.25) is 0 Å². The van der Waals surface area contributed by atoms with Crippen molar-refractivity contribution in [2.24, 2.45) is 23.7 Å². The summed E-state index contributed by atoms with van der Waals surface area (Å²) in [6, 6.07) is 6.21. The van der Waals surface area contributed by atoms with Gasteiger partial charge >= 0.3 is 5.97 Å². The minimum absolute atomic E-state index is 0.0572. The maximum absolute atomic E-state index is 13.4. The van der Waals surface area contributed by atoms with Gasteiger partial charge in [-0.15, -0.1) is 0 Å². The predicted octanol–water partition coefficient (Wildman–Crippen LogP) is 3.61. The third-order valence-electron chi connectivity index (χ3n) is 7.92. The zero-order valence-corrected chi connectivity index (χ0v) is 19.4. The number of sulfone groups is 1. The molecule has 6 nitrogen and oxygen atoms in total. The minimum atomic E-state index is -3.24. The van der Waals surface area contributed by atoms with E-state index in [4.69, 9.17) is 4.74 Å². The highest BCUT2D eigenvalue weighted by Gasteiger charge is 2.54. The molecule has 1 aliphatic heterocycles. The molecule has 4 saturated carbocycles. The minimum Gasteiger partial charge on any atom is -0.456 e. The molecule has 5 aliphatic rings. The highest BCUT2D eigenvalue weighted by molar-refractivity contribution is 7.94. The smallest absolute Gasteiger partial charge is 0.306 e. The molecule has 0 saturated heterocycles. The fourth-order valence-corrected chi connectivity index (χ4v) is 8.35. The molecule has 4 fully saturated rings. The lowest BCUT2D eigenvalue weighted by Crippen LogP contribution is -2.61. The van der Waals surface area contributed by atoms with Gasteiger partial charge in [-0.2, -0.15) is 0 Å². The van der Waals surface area contributed by atoms with Gasteiger partial charge in [0.25, 0.3) is 5.91 Å². The summed E-state index contributed by atoms with van der Waals surface area (Å²) in [5.41, 5.74) is 0.627. The summed E-state index contributed by atoms with van der Waals surface area (Å²) < 4.78 is 41.9. The van der Waals surface area contributed by atoms with Crippen LogP contribution in [0.1, 0.15) is 50.5 Å². The van der Waals surface area contributed by atoms with Crippen LogP contribution in [0.25, 0.3) is 0 Å². The first-order valence-electron chi connectivity index (χ1n) is 11.8. The van der Waals surface area contributed by atoms with Crippen LogP contribution in [0.3, 0.4) is 0 Å². The Bertz CT molecular complexity index is 1030. The van der Waals surface area contributed by atoms with E-state index in [9.17, 15) is 22.4 Å². The lowest BCUT2D eigenvalue weighted by atomic mass is 9.52. The Morgan fingerprint density at radius 2 is 1.64 bits per heavy atom. The maximum atomic E-state index is 13.4. The normalized spacial score (nSPS) is 33.2. The number of allylic oxidation sites excluding steroid dienone is 1. The molecule has 0 radical (unpaired) electrons. The van der Waals surface area contributed by atoms with Crippen LogP contribution in [0, 0.1) is 29.5 Å². The van der Waals surface area contributed by atoms with Crippen molar-refractivity contribution in [1.82, 2.24) is 4.90 Å². The zero-order chi connectivity index (χ0) is 23.2. The third kappa shape index (κ3) is 4.86. The van der Waals surface area contributed by atoms with Crippen molar-refractivity contribution in [2.75, 3.05) is 12.4 Å². The highest BCUT2D eigenvalue weighted by atomic mass is 32.2. The van der Waals surface area contributed by atoms with E-state index in [1.165, 1.54) is 37.5 Å². The number of esters is 1. The third-order valence-corrected chi connectivity index (χ3v) is 9.39. The van der Waals surface area contributed by atoms with Gasteiger partial charge in [0.05, 0.1) is 12.2 Å². The molecular weight excluding hydrogens is 445 g/mol. The summed E-state index contributed by atoms with van der Waals surface area (Å²) in [5.74, 6) is 0.293. The average Bonchev–Trinajstić information content (AvgIpc) is 3.08. The lowest BCUT2D eigenvalue weighted by Gasteiger charge is -2.60. The number of benzene rings is 1. The van der Waals surface area contributed by atoms with Crippen LogP contribution in [0.5, 0.6) is 0 Å². The number of amides is 1. The number of halogens is 1. The van der Waals surface area contributed by atoms with Gasteiger partial charge in [0.2, 0.25) is 0 Å². The monoisotopic (exact) mass is 475 g/mol. The van der Waals surface area contributed by atoms with E-state index >= 15 is 0 Å². The molecule has 6 rings (SSSR count). The van der Waals surface area contributed by atoms with E-state index < -0.39 is 21.7 Å². The van der Waals surface area contributed by atoms with E-state index in [2.05, 4.69) is 0 Å². The van der Waals surface area contributed by atoms with Crippen molar-refractivity contribution in [3.05, 3.63) is 47.1 Å². The highest BCUT2D eigenvalue weighted by Crippen LogP contribution is 2.58. The van der Waals surface area contributed by atoms with Gasteiger partial charge in [-0.25, -0.2) is 12.8 Å². The van der Waals surface area contributed by atoms with E-state index in [1.54, 1.807) is 12.1 Å². The molecule has 0 aromatic heterocycles. The Balaban J connectivity index is 1.29. The number of carbonyl (C=O) groups is 2. The Hall–Kier alpha value is -2.22. The first kappa shape index (κ1) is 22.6. The zero-order valence-electron chi connectivity index (χ0n) is 18.6. The number of hydrogen-bond acceptors (Lipinski definition) is 5. The number of carbonyl (C=O) groups excluding carboxylic acids is 2. The Kier molecular flexibility index (Phi) is 5.83. The molecule has 8 heteroatoms. The molecule has 4 aliphatic carbocycles. The molecule has 4 bridgehead atoms. The number of ether oxygens (including phenoxy) is 1. The Labute approximate surface area is 194 Å². The number of rotatable bonds is 7. The molecule has 0 spiro atoms. The summed E-state index contributed by atoms with van der Waals surface area (Å²) in [6.07, 6.45) is 8.10. The van der Waals surface area contributed by atoms with Crippen molar-refractivity contribution < 1.29 is 27.1 Å². The Morgan fingerprint density at radius 3 is 2.18 bits per heavy atom. The largest absolute Gasteiger partial charge is 0.456 e. The van der Waals surface area contributed by atoms with Crippen LogP contribution in [0.15, 0.2) is 35.7 Å². The van der Waals surface area contributed by atoms with E-state index in [0.29, 0.717) is 24.3 Å². The summed E-state index contributed by atoms with van der Waals surface area (Å²) in [7, 11) is -3.24. The number of nitrogens with zero attached hydrogens (tertiary/aromatic N) is 1. The first-order chi connectivity index (χ1) is 15.7. The van der Waals surface area contributed by atoms with E-state index in [0.717, 1.165) is 30.2 Å². The maximum Gasteiger partial charge on any atom is 0.306 e. The molecule has 178 valence electrons. The topological polar surface area (TPSA) is 80.7 Å². The second kappa shape index (κ2) is 8.53. The predicted molar refractivity (Wildman–Crippen MR) is 120 cm³/mol. The lowest BCUT2D eigenvalue weighted by molar-refractivity contribution is -0.163. The van der Waals surface area contributed by atoms with Crippen molar-refractivity contribution in [2.45, 2.75) is 57.0 Å². The second-order valence-electron chi connectivity index (χ2n) is 10.5. The van der Waals surface area contributed by atoms with Gasteiger partial charge in [-0.3, -0.25) is 9.59 Å². The summed E-state index contributed by atoms with van der Waals surface area (Å²) in [5, 5.41) is 1.13. The standard InChI is InChI=1S/C25H30FNO5S/c26-22-3-1-17(2-4-22)14-27(25-11-19-7-20(12-25)9-21(8-19)13-25)23(28)15-32-24(29)10-18-5-6-33(30,31)16-18/h1-6,18-21H,7-16H2. The molecule has 1 aromatic carbocycles. The van der Waals surface area contributed by atoms with Crippen molar-refractivity contribution >= 4 is 21.7 Å². The number of hydrogen-bond donors (Lipinski definition) is 0. The molecule has 0 N–H and O–H groups in total. The van der Waals surface area contributed by atoms with Crippen molar-refractivity contribution in [3.8, 4) is 0 Å². The molecule has 33 heavy (non-hydrogen) atoms. The van der Waals surface area contributed by atoms with Gasteiger partial charge in [-0.1, -0.05) is 18.2 Å². The van der Waals surface area contributed by atoms with Crippen molar-refractivity contribution in [1.29, 1.82) is 0 Å². The van der Waals surface area contributed by atoms with Crippen LogP contribution in [0.4, 0.5) is 4.39 Å². The fraction of sp³-hybridized carbons (Fsp3) is 0.600. The molecule has 1 aromatic rings. The van der Waals surface area contributed by atoms with Gasteiger partial charge in [0.15, 0.2) is 16.4 Å². The summed E-state index contributed by atoms with van der Waals surface area (Å²) >= 11 is 0. The van der Waals surface area contributed by atoms with Gasteiger partial charge < -0.3 is 9.64 Å². The summed E-state index contributed by atoms with van der Waals surface area (Å²) in [6.45, 7) is 0.0113. The fourth-order valence-electron chi connectivity index (χ4n) is 6.95. The van der Waals surface area contributed by atoms with Gasteiger partial charge in [0.1, 0.15) is 5.82 Å². The molecule has 1 amide bonds. The molecule has 1 heterocycles. The van der Waals surface area contributed by atoms with Crippen LogP contribution in [-0.2, 0) is 30.7 Å². The van der Waals surface area contributed by atoms with Crippen molar-refractivity contribution in [3.63, 3.8) is 0 Å². The summed E-state index contributed by atoms with van der Waals surface area (Å²) in [4.78, 5) is 27.7. The van der Waals surface area contributed by atoms with E-state index in [1.807, 2.05) is 4.90 Å². The van der Waals surface area contributed by atoms with Gasteiger partial charge in [-0.05, 0) is 74.0 Å². The molecule has 1 unspecified atom stereocenters. The second-order valence-corrected chi connectivity index (χ2v) is 12.5. The Morgan fingerprint density at radius 1 is 1.03 bits per heavy atom. The van der Waals surface area contributed by atoms with E-state index in [-0.39, 0.29) is 36.0 Å². The molecular formula is C25H30FNO5S. The molecule has 1 atom stereocenters. The van der Waals surface area contributed by atoms with Crippen LogP contribution >= 0.6 is 0 Å². The van der Waals surface area contributed by atoms with Crippen LogP contribution < -0.4 is 0 Å². The van der Waals surface area contributed by atoms with Gasteiger partial charge in [0, 0.05) is 23.4 Å². The van der Waals surface area contributed by atoms with Crippen LogP contribution in [-0.4, -0.2) is 43.1 Å². The first-order valence-corrected chi connectivity index (χ1v) is 13.5.